The van der Waals surface area contributed by atoms with Crippen LogP contribution in [-0.2, 0) is 39.8 Å². The molecule has 0 bridgehead atoms. The standard InChI is InChI=1S/C14H13N.C14H12.3C12H12.C6H9N3.C6H8N2.8C2H6.Y/c1-10-6-5-9-13-14(10)11-7-3-4-8-12(11)15(13)2;1-11-5-3-7-13(9-11)14-8-4-6-12(2)10-14;1-9-6-7-12-10(2)4-3-5-11(12)8-9;1-9-6-7-11-5-3-4-10(2)12(11)8-9;1-9-7-10(2)12-6-4-3-5-11(12)8-9;1-4-7-5(2)9-6(3)8-4;1-5-3-6(2)8-4-7-5;8*1-2;/h3-9H,1-2H3;3-8H,1-2H3;3*3-8H,1-2H3;1-3H3;3-4H,1-2H3;8*1-2H3;/q;-2;;;;;;;;;;;;;;. The summed E-state index contributed by atoms with van der Waals surface area (Å²) in [5, 5.41) is 10.9. The van der Waals surface area contributed by atoms with Crippen LogP contribution in [0, 0.1) is 109 Å². The van der Waals surface area contributed by atoms with Gasteiger partial charge >= 0.3 is 0 Å². The number of nitrogens with zero attached hydrogens (tertiary/aromatic N) is 6. The van der Waals surface area contributed by atoms with Gasteiger partial charge in [0.25, 0.3) is 0 Å². The maximum Gasteiger partial charge on any atom is 0.129 e. The summed E-state index contributed by atoms with van der Waals surface area (Å²) in [5.74, 6) is 2.38. The largest absolute Gasteiger partial charge is 0.344 e. The molecule has 1 radical (unpaired) electrons. The predicted octanol–water partition coefficient (Wildman–Crippen LogP) is 27.7. The zero-order valence-corrected chi connectivity index (χ0v) is 70.2. The molecular formula is C92H126N6Y-2. The molecule has 13 aromatic rings. The monoisotopic (exact) mass is 1400 g/mol. The van der Waals surface area contributed by atoms with Crippen LogP contribution in [0.15, 0.2) is 200 Å². The van der Waals surface area contributed by atoms with Gasteiger partial charge in [-0.3, -0.25) is 0 Å². The molecule has 0 unspecified atom stereocenters. The van der Waals surface area contributed by atoms with Crippen molar-refractivity contribution in [3.05, 3.63) is 292 Å². The molecule has 0 aliphatic rings. The first-order valence-electron chi connectivity index (χ1n) is 36.0. The van der Waals surface area contributed by atoms with E-state index in [4.69, 9.17) is 0 Å². The molecule has 13 rings (SSSR count). The van der Waals surface area contributed by atoms with Crippen LogP contribution in [0.4, 0.5) is 0 Å². The van der Waals surface area contributed by atoms with Crippen LogP contribution in [0.1, 0.15) is 190 Å². The summed E-state index contributed by atoms with van der Waals surface area (Å²) in [7, 11) is 2.13. The van der Waals surface area contributed by atoms with Gasteiger partial charge in [-0.25, -0.2) is 36.0 Å². The zero-order valence-electron chi connectivity index (χ0n) is 67.3. The second-order valence-corrected chi connectivity index (χ2v) is 21.2. The minimum Gasteiger partial charge on any atom is -0.344 e. The van der Waals surface area contributed by atoms with Gasteiger partial charge in [0.1, 0.15) is 23.8 Å². The molecule has 0 amide bonds. The molecule has 6 nitrogen and oxygen atoms in total. The third-order valence-corrected chi connectivity index (χ3v) is 14.0. The number of aryl methyl sites for hydroxylation is 15. The minimum atomic E-state index is 0. The Morgan fingerprint density at radius 3 is 1.14 bits per heavy atom. The molecule has 0 spiro atoms. The van der Waals surface area contributed by atoms with Gasteiger partial charge in [-0.15, -0.1) is 23.3 Å². The Hall–Kier alpha value is -8.03. The summed E-state index contributed by atoms with van der Waals surface area (Å²) in [6, 6.07) is 74.9. The Kier molecular flexibility index (Phi) is 53.6. The maximum absolute atomic E-state index is 4.01. The summed E-state index contributed by atoms with van der Waals surface area (Å²) in [4.78, 5) is 19.9. The molecule has 0 atom stereocenters. The molecule has 0 saturated carbocycles. The van der Waals surface area contributed by atoms with E-state index in [-0.39, 0.29) is 32.7 Å². The van der Waals surface area contributed by atoms with E-state index in [1.807, 2.05) is 151 Å². The summed E-state index contributed by atoms with van der Waals surface area (Å²) in [6.07, 6.45) is 1.57. The smallest absolute Gasteiger partial charge is 0.129 e. The van der Waals surface area contributed by atoms with Crippen LogP contribution in [0.2, 0.25) is 0 Å². The Bertz CT molecular complexity index is 4130. The first kappa shape index (κ1) is 95.2. The van der Waals surface area contributed by atoms with Crippen LogP contribution in [0.25, 0.3) is 65.3 Å². The van der Waals surface area contributed by atoms with Crippen molar-refractivity contribution in [3.8, 4) is 11.1 Å². The predicted molar refractivity (Wildman–Crippen MR) is 441 cm³/mol. The van der Waals surface area contributed by atoms with E-state index < -0.39 is 0 Å². The van der Waals surface area contributed by atoms with Gasteiger partial charge in [0.15, 0.2) is 0 Å². The van der Waals surface area contributed by atoms with Gasteiger partial charge in [-0.05, 0) is 156 Å². The minimum absolute atomic E-state index is 0. The number of hydrogen-bond acceptors (Lipinski definition) is 5. The van der Waals surface area contributed by atoms with Crippen LogP contribution in [0.3, 0.4) is 0 Å². The van der Waals surface area contributed by atoms with Crippen LogP contribution >= 0.6 is 0 Å². The fraction of sp³-hybridized carbons (Fsp3) is 0.337. The third-order valence-electron chi connectivity index (χ3n) is 14.0. The Labute approximate surface area is 629 Å². The van der Waals surface area contributed by atoms with Crippen molar-refractivity contribution >= 4 is 54.1 Å². The van der Waals surface area contributed by atoms with E-state index in [1.165, 1.54) is 93.1 Å². The number of para-hydroxylation sites is 1. The molecule has 10 aromatic carbocycles. The molecule has 3 heterocycles. The van der Waals surface area contributed by atoms with Crippen molar-refractivity contribution in [3.63, 3.8) is 0 Å². The molecule has 0 aliphatic heterocycles. The Morgan fingerprint density at radius 2 is 0.657 bits per heavy atom. The van der Waals surface area contributed by atoms with Gasteiger partial charge in [-0.2, -0.15) is 36.4 Å². The van der Waals surface area contributed by atoms with Gasteiger partial charge in [0.05, 0.1) is 0 Å². The fourth-order valence-electron chi connectivity index (χ4n) is 10.0. The first-order valence-corrected chi connectivity index (χ1v) is 36.0. The summed E-state index contributed by atoms with van der Waals surface area (Å²) >= 11 is 0. The second-order valence-electron chi connectivity index (χ2n) is 21.2. The third kappa shape index (κ3) is 33.6. The number of aromatic nitrogens is 6. The van der Waals surface area contributed by atoms with Crippen LogP contribution < -0.4 is 0 Å². The number of benzene rings is 10. The van der Waals surface area contributed by atoms with Gasteiger partial charge in [-0.1, -0.05) is 281 Å². The molecule has 0 N–H and O–H groups in total. The first-order chi connectivity index (χ1) is 47.3. The molecule has 99 heavy (non-hydrogen) atoms. The van der Waals surface area contributed by atoms with E-state index >= 15 is 0 Å². The number of rotatable bonds is 1. The quantitative estimate of drug-likeness (QED) is 0.153. The van der Waals surface area contributed by atoms with Crippen molar-refractivity contribution in [2.75, 3.05) is 0 Å². The molecule has 0 aliphatic carbocycles. The summed E-state index contributed by atoms with van der Waals surface area (Å²) in [5.41, 5.74) is 18.7. The Balaban J connectivity index is -0.00000105. The summed E-state index contributed by atoms with van der Waals surface area (Å²) < 4.78 is 2.26. The Morgan fingerprint density at radius 1 is 0.283 bits per heavy atom. The molecule has 0 fully saturated rings. The van der Waals surface area contributed by atoms with Crippen LogP contribution in [-0.4, -0.2) is 29.5 Å². The van der Waals surface area contributed by atoms with Crippen molar-refractivity contribution in [1.29, 1.82) is 0 Å². The van der Waals surface area contributed by atoms with Gasteiger partial charge in [0, 0.05) is 73.0 Å². The van der Waals surface area contributed by atoms with Crippen molar-refractivity contribution < 1.29 is 32.7 Å². The number of hydrogen-bond donors (Lipinski definition) is 0. The van der Waals surface area contributed by atoms with Gasteiger partial charge in [0.2, 0.25) is 0 Å². The molecule has 529 valence electrons. The van der Waals surface area contributed by atoms with Crippen molar-refractivity contribution in [2.45, 2.75) is 208 Å². The fourth-order valence-corrected chi connectivity index (χ4v) is 10.0. The topological polar surface area (TPSA) is 69.4 Å². The second kappa shape index (κ2) is 55.8. The van der Waals surface area contributed by atoms with Crippen molar-refractivity contribution in [1.82, 2.24) is 29.5 Å². The average molecular weight is 1400 g/mol. The SMILES string of the molecule is CC.CC.CC.CC.CC.CC.CC.CC.Cc1[c-]c(-c2[c-]c(C)ccc2)ccc1.Cc1cc(C)c2ccccc2c1.Cc1cc(C)ncn1.Cc1ccc2c(C)cccc2c1.Cc1ccc2cccc(C)c2c1.Cc1cccc2c1c1ccccc1n2C.Cc1nc(C)nc(C)n1.[Y]. The molecular weight excluding hydrogens is 1280 g/mol. The summed E-state index contributed by atoms with van der Waals surface area (Å²) in [6.45, 7) is 60.6. The van der Waals surface area contributed by atoms with E-state index in [0.29, 0.717) is 0 Å². The molecule has 0 saturated heterocycles. The van der Waals surface area contributed by atoms with Gasteiger partial charge < -0.3 is 4.57 Å². The van der Waals surface area contributed by atoms with E-state index in [0.717, 1.165) is 51.1 Å². The molecule has 7 heteroatoms. The maximum atomic E-state index is 4.01. The van der Waals surface area contributed by atoms with Crippen LogP contribution in [0.5, 0.6) is 0 Å². The average Bonchev–Trinajstić information content (AvgIpc) is 1.62. The normalized spacial score (nSPS) is 9.08. The zero-order chi connectivity index (χ0) is 74.9. The van der Waals surface area contributed by atoms with Crippen molar-refractivity contribution in [2.24, 2.45) is 7.05 Å². The van der Waals surface area contributed by atoms with E-state index in [1.54, 1.807) is 6.33 Å². The number of fused-ring (bicyclic) bond motifs is 6. The van der Waals surface area contributed by atoms with E-state index in [2.05, 4.69) is 299 Å². The van der Waals surface area contributed by atoms with E-state index in [9.17, 15) is 0 Å². The molecule has 3 aromatic heterocycles.